The monoisotopic (exact) mass is 219 g/mol. The third-order valence-electron chi connectivity index (χ3n) is 3.58. The Morgan fingerprint density at radius 1 is 1.38 bits per heavy atom. The first kappa shape index (κ1) is 11.6. The molecule has 1 heterocycles. The van der Waals surface area contributed by atoms with Crippen LogP contribution in [0.1, 0.15) is 49.4 Å². The van der Waals surface area contributed by atoms with Crippen LogP contribution < -0.4 is 11.3 Å². The lowest BCUT2D eigenvalue weighted by Crippen LogP contribution is -2.34. The van der Waals surface area contributed by atoms with Crippen LogP contribution in [0, 0.1) is 12.8 Å². The summed E-state index contributed by atoms with van der Waals surface area (Å²) < 4.78 is 0. The largest absolute Gasteiger partial charge is 0.271 e. The van der Waals surface area contributed by atoms with Crippen molar-refractivity contribution in [3.05, 3.63) is 29.6 Å². The Morgan fingerprint density at radius 2 is 2.12 bits per heavy atom. The van der Waals surface area contributed by atoms with Crippen molar-refractivity contribution in [1.82, 2.24) is 10.4 Å². The molecule has 1 saturated carbocycles. The summed E-state index contributed by atoms with van der Waals surface area (Å²) in [5.41, 5.74) is 5.33. The molecule has 16 heavy (non-hydrogen) atoms. The number of pyridine rings is 1. The van der Waals surface area contributed by atoms with Crippen molar-refractivity contribution in [2.24, 2.45) is 11.8 Å². The van der Waals surface area contributed by atoms with Crippen molar-refractivity contribution >= 4 is 0 Å². The summed E-state index contributed by atoms with van der Waals surface area (Å²) >= 11 is 0. The first-order valence-corrected chi connectivity index (χ1v) is 6.20. The second-order valence-electron chi connectivity index (χ2n) is 4.77. The fourth-order valence-corrected chi connectivity index (χ4v) is 2.73. The molecule has 0 amide bonds. The van der Waals surface area contributed by atoms with Gasteiger partial charge < -0.3 is 0 Å². The van der Waals surface area contributed by atoms with Crippen LogP contribution in [0.5, 0.6) is 0 Å². The number of rotatable bonds is 3. The summed E-state index contributed by atoms with van der Waals surface area (Å²) in [6, 6.07) is 4.51. The maximum Gasteiger partial charge on any atom is 0.0489 e. The first-order valence-electron chi connectivity index (χ1n) is 6.20. The Labute approximate surface area is 97.4 Å². The molecule has 0 radical (unpaired) electrons. The maximum atomic E-state index is 5.72. The van der Waals surface area contributed by atoms with Gasteiger partial charge in [0.1, 0.15) is 0 Å². The predicted octanol–water partition coefficient (Wildman–Crippen LogP) is 2.47. The van der Waals surface area contributed by atoms with Crippen molar-refractivity contribution in [2.45, 2.75) is 45.1 Å². The van der Waals surface area contributed by atoms with Crippen molar-refractivity contribution in [3.8, 4) is 0 Å². The molecule has 3 heteroatoms. The van der Waals surface area contributed by atoms with E-state index in [1.807, 2.05) is 13.1 Å². The Kier molecular flexibility index (Phi) is 3.91. The van der Waals surface area contributed by atoms with E-state index in [2.05, 4.69) is 22.5 Å². The van der Waals surface area contributed by atoms with Gasteiger partial charge in [0, 0.05) is 17.9 Å². The lowest BCUT2D eigenvalue weighted by Gasteiger charge is -2.30. The molecule has 1 aromatic heterocycles. The van der Waals surface area contributed by atoms with E-state index in [-0.39, 0.29) is 0 Å². The van der Waals surface area contributed by atoms with Gasteiger partial charge in [0.2, 0.25) is 0 Å². The third-order valence-corrected chi connectivity index (χ3v) is 3.58. The molecule has 1 fully saturated rings. The number of nitrogens with one attached hydrogen (secondary N) is 1. The zero-order chi connectivity index (χ0) is 11.4. The number of hydrogen-bond donors (Lipinski definition) is 2. The van der Waals surface area contributed by atoms with E-state index in [1.165, 1.54) is 37.7 Å². The van der Waals surface area contributed by atoms with Crippen LogP contribution in [0.4, 0.5) is 0 Å². The average Bonchev–Trinajstić information content (AvgIpc) is 2.31. The molecule has 2 rings (SSSR count). The average molecular weight is 219 g/mol. The molecule has 3 N–H and O–H groups in total. The minimum Gasteiger partial charge on any atom is -0.271 e. The lowest BCUT2D eigenvalue weighted by molar-refractivity contribution is 0.273. The summed E-state index contributed by atoms with van der Waals surface area (Å²) in [5.74, 6) is 6.40. The molecule has 1 atom stereocenters. The van der Waals surface area contributed by atoms with E-state index in [9.17, 15) is 0 Å². The number of nitrogens with two attached hydrogens (primary N) is 1. The zero-order valence-electron chi connectivity index (χ0n) is 9.95. The van der Waals surface area contributed by atoms with Gasteiger partial charge in [0.25, 0.3) is 0 Å². The van der Waals surface area contributed by atoms with Crippen LogP contribution in [0.25, 0.3) is 0 Å². The molecule has 0 spiro atoms. The number of nitrogens with zero attached hydrogens (tertiary/aromatic N) is 1. The molecule has 88 valence electrons. The summed E-state index contributed by atoms with van der Waals surface area (Å²) in [4.78, 5) is 4.23. The summed E-state index contributed by atoms with van der Waals surface area (Å²) in [5, 5.41) is 0. The van der Waals surface area contributed by atoms with Crippen LogP contribution in [-0.4, -0.2) is 4.98 Å². The normalized spacial score (nSPS) is 19.6. The molecule has 3 nitrogen and oxygen atoms in total. The van der Waals surface area contributed by atoms with Crippen molar-refractivity contribution < 1.29 is 0 Å². The quantitative estimate of drug-likeness (QED) is 0.606. The standard InChI is InChI=1S/C13H21N3/c1-10-9-12(7-8-15-10)13(16-14)11-5-3-2-4-6-11/h7-9,11,13,16H,2-6,14H2,1H3. The van der Waals surface area contributed by atoms with Crippen molar-refractivity contribution in [3.63, 3.8) is 0 Å². The van der Waals surface area contributed by atoms with Gasteiger partial charge in [-0.15, -0.1) is 0 Å². The highest BCUT2D eigenvalue weighted by Gasteiger charge is 2.24. The first-order chi connectivity index (χ1) is 7.81. The molecule has 1 aromatic rings. The van der Waals surface area contributed by atoms with Gasteiger partial charge in [-0.1, -0.05) is 19.3 Å². The van der Waals surface area contributed by atoms with Gasteiger partial charge in [0.15, 0.2) is 0 Å². The Morgan fingerprint density at radius 3 is 2.75 bits per heavy atom. The van der Waals surface area contributed by atoms with Crippen molar-refractivity contribution in [2.75, 3.05) is 0 Å². The number of aryl methyl sites for hydroxylation is 1. The van der Waals surface area contributed by atoms with E-state index in [0.29, 0.717) is 12.0 Å². The van der Waals surface area contributed by atoms with Crippen LogP contribution in [0.15, 0.2) is 18.3 Å². The van der Waals surface area contributed by atoms with E-state index >= 15 is 0 Å². The Hall–Kier alpha value is -0.930. The minimum atomic E-state index is 0.294. The van der Waals surface area contributed by atoms with E-state index in [1.54, 1.807) is 0 Å². The topological polar surface area (TPSA) is 50.9 Å². The number of hydrogen-bond acceptors (Lipinski definition) is 3. The van der Waals surface area contributed by atoms with Crippen LogP contribution in [0.3, 0.4) is 0 Å². The molecule has 0 bridgehead atoms. The molecule has 1 aliphatic rings. The smallest absolute Gasteiger partial charge is 0.0489 e. The van der Waals surface area contributed by atoms with Gasteiger partial charge in [0.05, 0.1) is 0 Å². The maximum absolute atomic E-state index is 5.72. The van der Waals surface area contributed by atoms with Crippen LogP contribution in [0.2, 0.25) is 0 Å². The van der Waals surface area contributed by atoms with Crippen LogP contribution in [-0.2, 0) is 0 Å². The van der Waals surface area contributed by atoms with E-state index in [0.717, 1.165) is 5.69 Å². The van der Waals surface area contributed by atoms with Gasteiger partial charge >= 0.3 is 0 Å². The number of aromatic nitrogens is 1. The third kappa shape index (κ3) is 2.60. The van der Waals surface area contributed by atoms with Crippen LogP contribution >= 0.6 is 0 Å². The lowest BCUT2D eigenvalue weighted by atomic mass is 9.81. The summed E-state index contributed by atoms with van der Waals surface area (Å²) in [6.07, 6.45) is 8.51. The van der Waals surface area contributed by atoms with Gasteiger partial charge in [-0.25, -0.2) is 0 Å². The highest BCUT2D eigenvalue weighted by Crippen LogP contribution is 2.33. The SMILES string of the molecule is Cc1cc(C(NN)C2CCCCC2)ccn1. The summed E-state index contributed by atoms with van der Waals surface area (Å²) in [6.45, 7) is 2.03. The Balaban J connectivity index is 2.14. The second kappa shape index (κ2) is 5.41. The molecule has 0 aliphatic heterocycles. The second-order valence-corrected chi connectivity index (χ2v) is 4.77. The van der Waals surface area contributed by atoms with E-state index in [4.69, 9.17) is 5.84 Å². The highest BCUT2D eigenvalue weighted by molar-refractivity contribution is 5.20. The fourth-order valence-electron chi connectivity index (χ4n) is 2.73. The molecule has 1 unspecified atom stereocenters. The molecule has 0 saturated heterocycles. The molecule has 0 aromatic carbocycles. The number of hydrazine groups is 1. The predicted molar refractivity (Wildman–Crippen MR) is 65.6 cm³/mol. The molecule has 1 aliphatic carbocycles. The van der Waals surface area contributed by atoms with E-state index < -0.39 is 0 Å². The summed E-state index contributed by atoms with van der Waals surface area (Å²) in [7, 11) is 0. The zero-order valence-corrected chi connectivity index (χ0v) is 9.95. The van der Waals surface area contributed by atoms with Gasteiger partial charge in [-0.2, -0.15) is 0 Å². The minimum absolute atomic E-state index is 0.294. The molecular weight excluding hydrogens is 198 g/mol. The Bertz CT molecular complexity index is 332. The highest BCUT2D eigenvalue weighted by atomic mass is 15.2. The fraction of sp³-hybridized carbons (Fsp3) is 0.615. The van der Waals surface area contributed by atoms with Gasteiger partial charge in [-0.05, 0) is 43.4 Å². The van der Waals surface area contributed by atoms with Gasteiger partial charge in [-0.3, -0.25) is 16.3 Å². The van der Waals surface area contributed by atoms with Crippen molar-refractivity contribution in [1.29, 1.82) is 0 Å². The molecular formula is C13H21N3.